The molecule has 0 aliphatic rings. The molecule has 0 spiro atoms. The van der Waals surface area contributed by atoms with E-state index in [-0.39, 0.29) is 0 Å². The molecule has 0 aromatic carbocycles. The summed E-state index contributed by atoms with van der Waals surface area (Å²) in [6.07, 6.45) is 12.3. The first kappa shape index (κ1) is 11.1. The fraction of sp³-hybridized carbons (Fsp3) is 0.700. The van der Waals surface area contributed by atoms with E-state index in [1.807, 2.05) is 6.08 Å². The highest BCUT2D eigenvalue weighted by molar-refractivity contribution is 5.34. The van der Waals surface area contributed by atoms with Gasteiger partial charge in [0.1, 0.15) is 0 Å². The lowest BCUT2D eigenvalue weighted by atomic mass is 10.1. The van der Waals surface area contributed by atoms with E-state index in [9.17, 15) is 4.79 Å². The van der Waals surface area contributed by atoms with Gasteiger partial charge in [-0.05, 0) is 12.8 Å². The zero-order chi connectivity index (χ0) is 9.07. The second-order valence-corrected chi connectivity index (χ2v) is 2.81. The second kappa shape index (κ2) is 10.1. The lowest BCUT2D eigenvalue weighted by molar-refractivity contribution is 0.565. The van der Waals surface area contributed by atoms with Gasteiger partial charge in [0.15, 0.2) is 0 Å². The normalized spacial score (nSPS) is 10.1. The van der Waals surface area contributed by atoms with E-state index in [2.05, 4.69) is 11.9 Å². The van der Waals surface area contributed by atoms with Crippen LogP contribution in [0.5, 0.6) is 0 Å². The Balaban J connectivity index is 3.04. The summed E-state index contributed by atoms with van der Waals surface area (Å²) < 4.78 is 0. The van der Waals surface area contributed by atoms with Crippen LogP contribution in [0.4, 0.5) is 0 Å². The molecule has 0 rings (SSSR count). The van der Waals surface area contributed by atoms with Gasteiger partial charge in [-0.1, -0.05) is 38.7 Å². The van der Waals surface area contributed by atoms with Gasteiger partial charge in [-0.3, -0.25) is 0 Å². The van der Waals surface area contributed by atoms with Gasteiger partial charge in [0.05, 0.1) is 0 Å². The Hall–Kier alpha value is -0.880. The standard InChI is InChI=1S/C10H17NO/c1-2-3-4-5-6-7-8-9-11-10-12/h8-9H,2-7H2,1H3. The number of isocyanates is 1. The van der Waals surface area contributed by atoms with Crippen LogP contribution < -0.4 is 0 Å². The predicted molar refractivity (Wildman–Crippen MR) is 50.6 cm³/mol. The Kier molecular flexibility index (Phi) is 9.38. The number of nitrogens with zero attached hydrogens (tertiary/aromatic N) is 1. The fourth-order valence-corrected chi connectivity index (χ4v) is 1.02. The number of unbranched alkanes of at least 4 members (excludes halogenated alkanes) is 5. The van der Waals surface area contributed by atoms with Crippen LogP contribution in [0.15, 0.2) is 17.3 Å². The van der Waals surface area contributed by atoms with Crippen molar-refractivity contribution in [3.63, 3.8) is 0 Å². The lowest BCUT2D eigenvalue weighted by Gasteiger charge is -1.94. The Bertz CT molecular complexity index is 157. The van der Waals surface area contributed by atoms with Crippen molar-refractivity contribution in [3.8, 4) is 0 Å². The molecule has 0 bridgehead atoms. The third kappa shape index (κ3) is 9.12. The van der Waals surface area contributed by atoms with Crippen LogP contribution in [0.1, 0.15) is 45.4 Å². The third-order valence-corrected chi connectivity index (χ3v) is 1.71. The maximum atomic E-state index is 9.64. The third-order valence-electron chi connectivity index (χ3n) is 1.71. The largest absolute Gasteiger partial charge is 0.239 e. The van der Waals surface area contributed by atoms with Crippen LogP contribution in [0, 0.1) is 0 Å². The van der Waals surface area contributed by atoms with Crippen molar-refractivity contribution in [2.45, 2.75) is 45.4 Å². The summed E-state index contributed by atoms with van der Waals surface area (Å²) in [5.41, 5.74) is 0. The van der Waals surface area contributed by atoms with E-state index in [0.29, 0.717) is 0 Å². The van der Waals surface area contributed by atoms with E-state index in [1.165, 1.54) is 44.4 Å². The zero-order valence-corrected chi connectivity index (χ0v) is 7.75. The molecule has 0 saturated heterocycles. The van der Waals surface area contributed by atoms with Gasteiger partial charge >= 0.3 is 0 Å². The molecule has 0 atom stereocenters. The molecule has 0 aromatic rings. The Labute approximate surface area is 74.4 Å². The van der Waals surface area contributed by atoms with E-state index in [0.717, 1.165) is 6.42 Å². The van der Waals surface area contributed by atoms with Crippen LogP contribution in [0.25, 0.3) is 0 Å². The average molecular weight is 167 g/mol. The molecule has 0 fully saturated rings. The van der Waals surface area contributed by atoms with Gasteiger partial charge in [-0.15, -0.1) is 0 Å². The molecule has 0 N–H and O–H groups in total. The molecule has 0 aliphatic carbocycles. The van der Waals surface area contributed by atoms with Crippen molar-refractivity contribution in [2.24, 2.45) is 4.99 Å². The first-order chi connectivity index (χ1) is 5.91. The molecule has 2 heteroatoms. The Morgan fingerprint density at radius 2 is 2.00 bits per heavy atom. The highest BCUT2D eigenvalue weighted by atomic mass is 16.1. The molecule has 0 radical (unpaired) electrons. The van der Waals surface area contributed by atoms with Crippen molar-refractivity contribution in [3.05, 3.63) is 12.3 Å². The van der Waals surface area contributed by atoms with Gasteiger partial charge in [0.2, 0.25) is 6.08 Å². The zero-order valence-electron chi connectivity index (χ0n) is 7.75. The maximum Gasteiger partial charge on any atom is 0.239 e. The highest BCUT2D eigenvalue weighted by Crippen LogP contribution is 2.04. The van der Waals surface area contributed by atoms with Crippen molar-refractivity contribution < 1.29 is 4.79 Å². The molecule has 0 saturated carbocycles. The molecule has 12 heavy (non-hydrogen) atoms. The van der Waals surface area contributed by atoms with Crippen molar-refractivity contribution >= 4 is 6.08 Å². The molecule has 0 aromatic heterocycles. The summed E-state index contributed by atoms with van der Waals surface area (Å²) in [5, 5.41) is 0. The van der Waals surface area contributed by atoms with Gasteiger partial charge < -0.3 is 0 Å². The number of hydrogen-bond acceptors (Lipinski definition) is 2. The SMILES string of the molecule is CCCCCCCC=CN=C=O. The van der Waals surface area contributed by atoms with Crippen LogP contribution in [0.2, 0.25) is 0 Å². The molecular weight excluding hydrogens is 150 g/mol. The number of aliphatic imine (C=N–C) groups is 1. The van der Waals surface area contributed by atoms with Crippen LogP contribution in [-0.4, -0.2) is 6.08 Å². The first-order valence-electron chi connectivity index (χ1n) is 4.63. The summed E-state index contributed by atoms with van der Waals surface area (Å²) in [6, 6.07) is 0. The smallest absolute Gasteiger partial charge is 0.211 e. The molecule has 2 nitrogen and oxygen atoms in total. The molecule has 0 aliphatic heterocycles. The minimum Gasteiger partial charge on any atom is -0.211 e. The van der Waals surface area contributed by atoms with E-state index in [4.69, 9.17) is 0 Å². The molecule has 0 unspecified atom stereocenters. The van der Waals surface area contributed by atoms with Crippen molar-refractivity contribution in [1.29, 1.82) is 0 Å². The van der Waals surface area contributed by atoms with Gasteiger partial charge in [-0.25, -0.2) is 4.79 Å². The highest BCUT2D eigenvalue weighted by Gasteiger charge is 1.85. The average Bonchev–Trinajstić information content (AvgIpc) is 2.10. The minimum absolute atomic E-state index is 1.02. The second-order valence-electron chi connectivity index (χ2n) is 2.81. The Morgan fingerprint density at radius 3 is 2.67 bits per heavy atom. The molecule has 0 heterocycles. The fourth-order valence-electron chi connectivity index (χ4n) is 1.02. The summed E-state index contributed by atoms with van der Waals surface area (Å²) >= 11 is 0. The number of carbonyl (C=O) groups excluding carboxylic acids is 1. The minimum atomic E-state index is 1.02. The topological polar surface area (TPSA) is 29.4 Å². The summed E-state index contributed by atoms with van der Waals surface area (Å²) in [4.78, 5) is 13.0. The van der Waals surface area contributed by atoms with Gasteiger partial charge in [-0.2, -0.15) is 4.99 Å². The van der Waals surface area contributed by atoms with Crippen LogP contribution in [0.3, 0.4) is 0 Å². The quantitative estimate of drug-likeness (QED) is 0.325. The number of hydrogen-bond donors (Lipinski definition) is 0. The molecule has 68 valence electrons. The first-order valence-corrected chi connectivity index (χ1v) is 4.63. The van der Waals surface area contributed by atoms with Gasteiger partial charge in [0.25, 0.3) is 0 Å². The monoisotopic (exact) mass is 167 g/mol. The van der Waals surface area contributed by atoms with Crippen molar-refractivity contribution in [2.75, 3.05) is 0 Å². The Morgan fingerprint density at radius 1 is 1.25 bits per heavy atom. The van der Waals surface area contributed by atoms with Crippen LogP contribution >= 0.6 is 0 Å². The van der Waals surface area contributed by atoms with E-state index < -0.39 is 0 Å². The molecule has 0 amide bonds. The predicted octanol–water partition coefficient (Wildman–Crippen LogP) is 3.20. The number of rotatable bonds is 7. The van der Waals surface area contributed by atoms with Gasteiger partial charge in [0, 0.05) is 6.20 Å². The van der Waals surface area contributed by atoms with E-state index in [1.54, 1.807) is 0 Å². The number of allylic oxidation sites excluding steroid dienone is 1. The molecular formula is C10H17NO. The van der Waals surface area contributed by atoms with E-state index >= 15 is 0 Å². The summed E-state index contributed by atoms with van der Waals surface area (Å²) in [7, 11) is 0. The maximum absolute atomic E-state index is 9.64. The summed E-state index contributed by atoms with van der Waals surface area (Å²) in [5.74, 6) is 0. The van der Waals surface area contributed by atoms with Crippen molar-refractivity contribution in [1.82, 2.24) is 0 Å². The van der Waals surface area contributed by atoms with Crippen LogP contribution in [-0.2, 0) is 4.79 Å². The summed E-state index contributed by atoms with van der Waals surface area (Å²) in [6.45, 7) is 2.21. The lowest BCUT2D eigenvalue weighted by Crippen LogP contribution is -1.75.